The van der Waals surface area contributed by atoms with Gasteiger partial charge in [0, 0.05) is 48.1 Å². The fourth-order valence-electron chi connectivity index (χ4n) is 1.26. The lowest BCUT2D eigenvalue weighted by Crippen LogP contribution is -2.28. The first-order valence-electron chi connectivity index (χ1n) is 5.52. The van der Waals surface area contributed by atoms with Crippen LogP contribution in [0.25, 0.3) is 0 Å². The third-order valence-electron chi connectivity index (χ3n) is 2.19. The van der Waals surface area contributed by atoms with Crippen molar-refractivity contribution >= 4 is 16.7 Å². The van der Waals surface area contributed by atoms with Crippen LogP contribution in [0.4, 0.5) is 0 Å². The second kappa shape index (κ2) is 7.18. The van der Waals surface area contributed by atoms with E-state index in [1.807, 2.05) is 6.92 Å². The molecule has 0 aliphatic rings. The number of hydrogen-bond donors (Lipinski definition) is 2. The largest absolute Gasteiger partial charge is 0.350 e. The minimum atomic E-state index is -0.854. The predicted molar refractivity (Wildman–Crippen MR) is 67.2 cm³/mol. The van der Waals surface area contributed by atoms with Crippen LogP contribution in [0.5, 0.6) is 0 Å². The van der Waals surface area contributed by atoms with Crippen molar-refractivity contribution in [2.24, 2.45) is 5.73 Å². The summed E-state index contributed by atoms with van der Waals surface area (Å²) in [5.41, 5.74) is 5.75. The summed E-state index contributed by atoms with van der Waals surface area (Å²) < 4.78 is 12.9. The zero-order valence-electron chi connectivity index (χ0n) is 9.89. The first-order chi connectivity index (χ1) is 8.17. The molecule has 0 saturated heterocycles. The maximum absolute atomic E-state index is 11.6. The third-order valence-corrected chi connectivity index (χ3v) is 3.49. The average Bonchev–Trinajstić information content (AvgIpc) is 2.78. The summed E-state index contributed by atoms with van der Waals surface area (Å²) in [5, 5.41) is 2.68. The van der Waals surface area contributed by atoms with E-state index in [9.17, 15) is 9.00 Å². The van der Waals surface area contributed by atoms with Crippen molar-refractivity contribution < 1.29 is 9.00 Å². The third kappa shape index (κ3) is 4.66. The molecule has 7 heteroatoms. The second-order valence-corrected chi connectivity index (χ2v) is 5.34. The summed E-state index contributed by atoms with van der Waals surface area (Å²) in [5.74, 6) is 0.848. The highest BCUT2D eigenvalue weighted by Gasteiger charge is 2.08. The van der Waals surface area contributed by atoms with E-state index >= 15 is 0 Å². The number of amides is 1. The van der Waals surface area contributed by atoms with Crippen molar-refractivity contribution in [1.29, 1.82) is 0 Å². The number of aromatic nitrogens is 2. The van der Waals surface area contributed by atoms with Gasteiger partial charge in [-0.1, -0.05) is 6.92 Å². The molecule has 0 aliphatic carbocycles. The molecule has 0 radical (unpaired) electrons. The Hall–Kier alpha value is -1.21. The highest BCUT2D eigenvalue weighted by Crippen LogP contribution is 1.95. The zero-order valence-corrected chi connectivity index (χ0v) is 10.7. The maximum atomic E-state index is 11.6. The lowest BCUT2D eigenvalue weighted by Gasteiger charge is -2.02. The van der Waals surface area contributed by atoms with Crippen LogP contribution in [0.3, 0.4) is 0 Å². The Bertz CT molecular complexity index is 391. The molecule has 1 rings (SSSR count). The number of hydrogen-bond acceptors (Lipinski definition) is 4. The first kappa shape index (κ1) is 13.9. The van der Waals surface area contributed by atoms with E-state index in [1.165, 1.54) is 0 Å². The molecule has 96 valence electrons. The second-order valence-electron chi connectivity index (χ2n) is 3.47. The van der Waals surface area contributed by atoms with Crippen molar-refractivity contribution in [1.82, 2.24) is 14.9 Å². The lowest BCUT2D eigenvalue weighted by molar-refractivity contribution is 0.0951. The molecule has 3 N–H and O–H groups in total. The Labute approximate surface area is 103 Å². The Morgan fingerprint density at radius 2 is 2.41 bits per heavy atom. The van der Waals surface area contributed by atoms with Crippen LogP contribution < -0.4 is 11.1 Å². The number of nitrogens with two attached hydrogens (primary N) is 1. The Kier molecular flexibility index (Phi) is 5.85. The molecule has 0 aliphatic heterocycles. The number of carbonyl (C=O) groups excluding carboxylic acids is 1. The summed E-state index contributed by atoms with van der Waals surface area (Å²) in [4.78, 5) is 15.6. The van der Waals surface area contributed by atoms with Crippen LogP contribution in [0.15, 0.2) is 12.5 Å². The molecule has 17 heavy (non-hydrogen) atoms. The van der Waals surface area contributed by atoms with Crippen LogP contribution in [0.1, 0.15) is 17.4 Å². The molecule has 0 fully saturated rings. The topological polar surface area (TPSA) is 90.0 Å². The number of nitrogens with zero attached hydrogens (tertiary/aromatic N) is 2. The van der Waals surface area contributed by atoms with Crippen molar-refractivity contribution in [3.05, 3.63) is 18.2 Å². The molecule has 1 atom stereocenters. The molecular formula is C10H18N4O2S. The molecule has 1 aromatic heterocycles. The molecule has 1 heterocycles. The van der Waals surface area contributed by atoms with Gasteiger partial charge >= 0.3 is 0 Å². The van der Waals surface area contributed by atoms with Crippen molar-refractivity contribution in [3.8, 4) is 0 Å². The van der Waals surface area contributed by atoms with Gasteiger partial charge in [-0.2, -0.15) is 0 Å². The summed E-state index contributed by atoms with van der Waals surface area (Å²) in [6.45, 7) is 3.41. The van der Waals surface area contributed by atoms with Crippen LogP contribution in [-0.4, -0.2) is 44.3 Å². The van der Waals surface area contributed by atoms with Gasteiger partial charge < -0.3 is 15.6 Å². The Morgan fingerprint density at radius 3 is 3.06 bits per heavy atom. The lowest BCUT2D eigenvalue weighted by atomic mass is 10.4. The normalized spacial score (nSPS) is 12.4. The van der Waals surface area contributed by atoms with Gasteiger partial charge in [0.1, 0.15) is 5.69 Å². The number of rotatable bonds is 7. The van der Waals surface area contributed by atoms with Crippen LogP contribution in [0, 0.1) is 0 Å². The van der Waals surface area contributed by atoms with Crippen molar-refractivity contribution in [3.63, 3.8) is 0 Å². The van der Waals surface area contributed by atoms with Gasteiger partial charge in [-0.3, -0.25) is 9.00 Å². The van der Waals surface area contributed by atoms with E-state index < -0.39 is 10.8 Å². The van der Waals surface area contributed by atoms with Crippen LogP contribution in [-0.2, 0) is 17.3 Å². The van der Waals surface area contributed by atoms with E-state index in [2.05, 4.69) is 10.3 Å². The fourth-order valence-corrected chi connectivity index (χ4v) is 1.88. The van der Waals surface area contributed by atoms with Gasteiger partial charge in [0.2, 0.25) is 0 Å². The number of carbonyl (C=O) groups is 1. The molecule has 0 bridgehead atoms. The SMILES string of the molecule is CCS(=O)CCNC(=O)c1cn(CCN)cn1. The van der Waals surface area contributed by atoms with Gasteiger partial charge in [-0.15, -0.1) is 0 Å². The van der Waals surface area contributed by atoms with Crippen LogP contribution >= 0.6 is 0 Å². The zero-order chi connectivity index (χ0) is 12.7. The number of nitrogens with one attached hydrogen (secondary N) is 1. The highest BCUT2D eigenvalue weighted by atomic mass is 32.2. The number of imidazole rings is 1. The summed E-state index contributed by atoms with van der Waals surface area (Å²) in [7, 11) is -0.854. The quantitative estimate of drug-likeness (QED) is 0.679. The van der Waals surface area contributed by atoms with Gasteiger partial charge in [-0.25, -0.2) is 4.98 Å². The highest BCUT2D eigenvalue weighted by molar-refractivity contribution is 7.84. The summed E-state index contributed by atoms with van der Waals surface area (Å²) >= 11 is 0. The molecule has 0 spiro atoms. The Balaban J connectivity index is 2.38. The molecule has 1 amide bonds. The van der Waals surface area contributed by atoms with E-state index in [4.69, 9.17) is 5.73 Å². The molecule has 1 unspecified atom stereocenters. The standard InChI is InChI=1S/C10H18N4O2S/c1-2-17(16)6-4-12-10(15)9-7-14(5-3-11)8-13-9/h7-8H,2-6,11H2,1H3,(H,12,15). The summed E-state index contributed by atoms with van der Waals surface area (Å²) in [6.07, 6.45) is 3.23. The van der Waals surface area contributed by atoms with Crippen molar-refractivity contribution in [2.75, 3.05) is 24.6 Å². The summed E-state index contributed by atoms with van der Waals surface area (Å²) in [6, 6.07) is 0. The van der Waals surface area contributed by atoms with Gasteiger partial charge in [0.15, 0.2) is 0 Å². The minimum absolute atomic E-state index is 0.242. The average molecular weight is 258 g/mol. The van der Waals surface area contributed by atoms with E-state index in [1.54, 1.807) is 17.1 Å². The van der Waals surface area contributed by atoms with Gasteiger partial charge in [0.25, 0.3) is 5.91 Å². The van der Waals surface area contributed by atoms with E-state index in [0.29, 0.717) is 36.8 Å². The van der Waals surface area contributed by atoms with E-state index in [0.717, 1.165) is 0 Å². The van der Waals surface area contributed by atoms with Gasteiger partial charge in [-0.05, 0) is 0 Å². The molecule has 0 aromatic carbocycles. The van der Waals surface area contributed by atoms with Crippen LogP contribution in [0.2, 0.25) is 0 Å². The molecular weight excluding hydrogens is 240 g/mol. The van der Waals surface area contributed by atoms with Crippen molar-refractivity contribution in [2.45, 2.75) is 13.5 Å². The smallest absolute Gasteiger partial charge is 0.271 e. The monoisotopic (exact) mass is 258 g/mol. The van der Waals surface area contributed by atoms with Gasteiger partial charge in [0.05, 0.1) is 6.33 Å². The molecule has 6 nitrogen and oxygen atoms in total. The Morgan fingerprint density at radius 1 is 1.65 bits per heavy atom. The predicted octanol–water partition coefficient (Wildman–Crippen LogP) is -0.660. The minimum Gasteiger partial charge on any atom is -0.350 e. The fraction of sp³-hybridized carbons (Fsp3) is 0.600. The molecule has 0 saturated carbocycles. The maximum Gasteiger partial charge on any atom is 0.271 e. The first-order valence-corrected chi connectivity index (χ1v) is 7.01. The molecule has 1 aromatic rings. The van der Waals surface area contributed by atoms with E-state index in [-0.39, 0.29) is 5.91 Å².